The summed E-state index contributed by atoms with van der Waals surface area (Å²) in [5.41, 5.74) is 7.67. The summed E-state index contributed by atoms with van der Waals surface area (Å²) >= 11 is 6.07. The van der Waals surface area contributed by atoms with Gasteiger partial charge in [-0.05, 0) is 48.8 Å². The van der Waals surface area contributed by atoms with Gasteiger partial charge in [-0.1, -0.05) is 17.7 Å². The number of hydrogen-bond donors (Lipinski definition) is 2. The van der Waals surface area contributed by atoms with Crippen molar-refractivity contribution in [1.82, 2.24) is 4.98 Å². The molecular weight excluding hydrogens is 440 g/mol. The van der Waals surface area contributed by atoms with Crippen LogP contribution in [0, 0.1) is 11.3 Å². The number of nitrogens with two attached hydrogens (primary N) is 1. The predicted molar refractivity (Wildman–Crippen MR) is 122 cm³/mol. The summed E-state index contributed by atoms with van der Waals surface area (Å²) in [6.07, 6.45) is 1.30. The van der Waals surface area contributed by atoms with Crippen LogP contribution in [-0.2, 0) is 4.74 Å². The van der Waals surface area contributed by atoms with Crippen LogP contribution in [0.15, 0.2) is 35.5 Å². The number of rotatable bonds is 7. The maximum absolute atomic E-state index is 12.8. The van der Waals surface area contributed by atoms with Crippen LogP contribution in [0.1, 0.15) is 47.3 Å². The number of hydrogen-bond acceptors (Lipinski definition) is 5. The first-order valence-corrected chi connectivity index (χ1v) is 10.6. The van der Waals surface area contributed by atoms with Gasteiger partial charge in [-0.3, -0.25) is 4.79 Å². The minimum Gasteiger partial charge on any atom is -0.461 e. The van der Waals surface area contributed by atoms with Gasteiger partial charge in [0, 0.05) is 24.3 Å². The second kappa shape index (κ2) is 10.0. The van der Waals surface area contributed by atoms with Gasteiger partial charge in [0.25, 0.3) is 11.9 Å². The van der Waals surface area contributed by atoms with Gasteiger partial charge in [0.2, 0.25) is 0 Å². The normalized spacial score (nSPS) is 18.7. The van der Waals surface area contributed by atoms with Crippen molar-refractivity contribution >= 4 is 43.8 Å². The quantitative estimate of drug-likeness (QED) is 0.373. The molecule has 31 heavy (non-hydrogen) atoms. The van der Waals surface area contributed by atoms with Crippen LogP contribution >= 0.6 is 20.8 Å². The van der Waals surface area contributed by atoms with Gasteiger partial charge in [-0.2, -0.15) is 5.26 Å². The number of alkyl halides is 1. The number of pyridine rings is 1. The van der Waals surface area contributed by atoms with E-state index in [-0.39, 0.29) is 40.9 Å². The van der Waals surface area contributed by atoms with Crippen molar-refractivity contribution in [1.29, 1.82) is 5.26 Å². The Morgan fingerprint density at radius 1 is 1.55 bits per heavy atom. The lowest BCUT2D eigenvalue weighted by Crippen LogP contribution is -2.19. The van der Waals surface area contributed by atoms with E-state index in [1.165, 1.54) is 19.2 Å². The van der Waals surface area contributed by atoms with Crippen LogP contribution in [0.3, 0.4) is 0 Å². The molecule has 1 saturated carbocycles. The molecule has 1 aliphatic rings. The summed E-state index contributed by atoms with van der Waals surface area (Å²) in [5.74, 6) is -0.367. The molecule has 1 aromatic heterocycles. The number of benzene rings is 1. The average Bonchev–Trinajstić information content (AvgIpc) is 3.47. The minimum absolute atomic E-state index is 0.0383. The fourth-order valence-electron chi connectivity index (χ4n) is 3.00. The fraction of sp³-hybridized carbons (Fsp3) is 0.333. The third kappa shape index (κ3) is 6.13. The van der Waals surface area contributed by atoms with Crippen LogP contribution in [0.4, 0.5) is 10.1 Å². The van der Waals surface area contributed by atoms with Crippen LogP contribution in [-0.4, -0.2) is 35.7 Å². The molecular formula is C21H22ClFN5O2P. The molecule has 1 aliphatic carbocycles. The first-order chi connectivity index (χ1) is 14.8. The Kier molecular flexibility index (Phi) is 7.42. The van der Waals surface area contributed by atoms with Crippen molar-refractivity contribution in [3.05, 3.63) is 52.3 Å². The van der Waals surface area contributed by atoms with E-state index in [9.17, 15) is 9.18 Å². The molecule has 4 atom stereocenters. The van der Waals surface area contributed by atoms with Crippen molar-refractivity contribution in [3.63, 3.8) is 0 Å². The molecule has 1 heterocycles. The largest absolute Gasteiger partial charge is 0.461 e. The number of aliphatic imine (C=N–C) groups is 1. The third-order valence-corrected chi connectivity index (χ3v) is 5.54. The van der Waals surface area contributed by atoms with Gasteiger partial charge in [-0.15, -0.1) is 9.24 Å². The second-order valence-electron chi connectivity index (χ2n) is 7.25. The molecule has 2 aromatic rings. The van der Waals surface area contributed by atoms with E-state index < -0.39 is 12.1 Å². The topological polar surface area (TPSA) is 113 Å². The number of nitriles is 1. The molecule has 10 heteroatoms. The minimum atomic E-state index is -0.933. The number of halogens is 2. The number of carbonyl (C=O) groups is 1. The molecule has 0 radical (unpaired) electrons. The number of amides is 1. The predicted octanol–water partition coefficient (Wildman–Crippen LogP) is 3.29. The summed E-state index contributed by atoms with van der Waals surface area (Å²) in [5, 5.41) is 12.7. The second-order valence-corrected chi connectivity index (χ2v) is 8.28. The number of anilines is 1. The monoisotopic (exact) mass is 461 g/mol. The Labute approximate surface area is 187 Å². The lowest BCUT2D eigenvalue weighted by molar-refractivity contribution is 0.102. The maximum Gasteiger partial charge on any atom is 0.282 e. The fourth-order valence-corrected chi connectivity index (χ4v) is 3.65. The van der Waals surface area contributed by atoms with E-state index in [1.54, 1.807) is 6.07 Å². The molecule has 1 aromatic carbocycles. The zero-order valence-electron chi connectivity index (χ0n) is 16.8. The number of carbonyl (C=O) groups excluding carboxylic acids is 1. The average molecular weight is 462 g/mol. The van der Waals surface area contributed by atoms with E-state index in [2.05, 4.69) is 24.5 Å². The van der Waals surface area contributed by atoms with Crippen LogP contribution < -0.4 is 16.4 Å². The molecule has 3 rings (SSSR count). The summed E-state index contributed by atoms with van der Waals surface area (Å²) in [6, 6.07) is 8.89. The highest BCUT2D eigenvalue weighted by Crippen LogP contribution is 2.43. The van der Waals surface area contributed by atoms with E-state index in [4.69, 9.17) is 27.3 Å². The third-order valence-electron chi connectivity index (χ3n) is 4.73. The summed E-state index contributed by atoms with van der Waals surface area (Å²) in [4.78, 5) is 20.6. The standard InChI is InChI=1S/C21H22ClFN5O2P/c1-11(23)4-5-26-21(25)30-17-8-14(17)15-7-13(2-3-18(15)31)28-20(29)19-16(22)6-12(9-24)10-27-19/h2-3,6-7,10-11,14,17H,4-5,8,31H2,1H3,(H2,25,26)(H,28,29)/t11-,14+,17+/m0/s1. The first kappa shape index (κ1) is 22.9. The zero-order valence-corrected chi connectivity index (χ0v) is 18.7. The Hall–Kier alpha value is -2.75. The highest BCUT2D eigenvalue weighted by Gasteiger charge is 2.42. The molecule has 162 valence electrons. The van der Waals surface area contributed by atoms with Crippen molar-refractivity contribution in [2.24, 2.45) is 10.7 Å². The molecule has 3 N–H and O–H groups in total. The van der Waals surface area contributed by atoms with Crippen molar-refractivity contribution in [2.75, 3.05) is 11.9 Å². The van der Waals surface area contributed by atoms with Gasteiger partial charge in [0.15, 0.2) is 0 Å². The lowest BCUT2D eigenvalue weighted by Gasteiger charge is -2.11. The maximum atomic E-state index is 12.8. The Bertz CT molecular complexity index is 1060. The van der Waals surface area contributed by atoms with Crippen molar-refractivity contribution < 1.29 is 13.9 Å². The molecule has 7 nitrogen and oxygen atoms in total. The summed E-state index contributed by atoms with van der Waals surface area (Å²) in [6.45, 7) is 1.75. The van der Waals surface area contributed by atoms with Crippen molar-refractivity contribution in [2.45, 2.75) is 38.0 Å². The van der Waals surface area contributed by atoms with E-state index in [0.29, 0.717) is 12.1 Å². The van der Waals surface area contributed by atoms with Crippen molar-refractivity contribution in [3.8, 4) is 6.07 Å². The molecule has 0 bridgehead atoms. The van der Waals surface area contributed by atoms with E-state index in [1.807, 2.05) is 18.2 Å². The Morgan fingerprint density at radius 2 is 2.32 bits per heavy atom. The van der Waals surface area contributed by atoms with E-state index >= 15 is 0 Å². The highest BCUT2D eigenvalue weighted by atomic mass is 35.5. The zero-order chi connectivity index (χ0) is 22.5. The summed E-state index contributed by atoms with van der Waals surface area (Å²) in [7, 11) is 2.67. The molecule has 1 fully saturated rings. The van der Waals surface area contributed by atoms with Gasteiger partial charge < -0.3 is 15.8 Å². The Balaban J connectivity index is 1.65. The smallest absolute Gasteiger partial charge is 0.282 e. The first-order valence-electron chi connectivity index (χ1n) is 9.65. The molecule has 0 aliphatic heterocycles. The van der Waals surface area contributed by atoms with Gasteiger partial charge in [0.05, 0.1) is 16.8 Å². The number of ether oxygens (including phenoxy) is 1. The lowest BCUT2D eigenvalue weighted by atomic mass is 10.1. The van der Waals surface area contributed by atoms with Crippen LogP contribution in [0.5, 0.6) is 0 Å². The molecule has 1 amide bonds. The SMILES string of the molecule is C[C@H](F)CCN=C(N)O[C@@H]1C[C@@H]1c1cc(NC(=O)c2ncc(C#N)cc2Cl)ccc1P. The Morgan fingerprint density at radius 3 is 3.00 bits per heavy atom. The number of nitrogens with zero attached hydrogens (tertiary/aromatic N) is 3. The number of nitrogens with one attached hydrogen (secondary N) is 1. The highest BCUT2D eigenvalue weighted by molar-refractivity contribution is 7.27. The number of amidine groups is 1. The van der Waals surface area contributed by atoms with Gasteiger partial charge in [0.1, 0.15) is 17.9 Å². The number of aromatic nitrogens is 1. The van der Waals surface area contributed by atoms with Gasteiger partial charge >= 0.3 is 0 Å². The van der Waals surface area contributed by atoms with Crippen LogP contribution in [0.2, 0.25) is 5.02 Å². The molecule has 0 saturated heterocycles. The summed E-state index contributed by atoms with van der Waals surface area (Å²) < 4.78 is 18.5. The van der Waals surface area contributed by atoms with Gasteiger partial charge in [-0.25, -0.2) is 14.4 Å². The molecule has 0 spiro atoms. The molecule has 1 unspecified atom stereocenters. The van der Waals surface area contributed by atoms with E-state index in [0.717, 1.165) is 17.3 Å². The van der Waals surface area contributed by atoms with Crippen LogP contribution in [0.25, 0.3) is 0 Å².